The van der Waals surface area contributed by atoms with Gasteiger partial charge in [0.15, 0.2) is 0 Å². The Morgan fingerprint density at radius 3 is 2.29 bits per heavy atom. The predicted octanol–water partition coefficient (Wildman–Crippen LogP) is 3.06. The fraction of sp³-hybridized carbons (Fsp3) is 0.455. The van der Waals surface area contributed by atoms with Crippen LogP contribution in [0, 0.1) is 13.8 Å². The van der Waals surface area contributed by atoms with E-state index in [4.69, 9.17) is 5.90 Å². The van der Waals surface area contributed by atoms with Crippen LogP contribution in [0.2, 0.25) is 0 Å². The first-order valence-corrected chi connectivity index (χ1v) is 5.44. The zero-order valence-electron chi connectivity index (χ0n) is 8.80. The molecule has 3 heteroatoms. The molecule has 1 atom stereocenters. The van der Waals surface area contributed by atoms with Crippen molar-refractivity contribution in [2.75, 3.05) is 6.61 Å². The molecule has 0 spiro atoms. The molecule has 78 valence electrons. The SMILES string of the molecule is Cc1cc(C(C)CON)cc(C)c1Br. The van der Waals surface area contributed by atoms with Gasteiger partial charge < -0.3 is 4.84 Å². The van der Waals surface area contributed by atoms with Crippen LogP contribution >= 0.6 is 15.9 Å². The molecule has 1 unspecified atom stereocenters. The van der Waals surface area contributed by atoms with Crippen molar-refractivity contribution in [2.24, 2.45) is 5.90 Å². The second-order valence-electron chi connectivity index (χ2n) is 3.70. The predicted molar refractivity (Wildman–Crippen MR) is 62.2 cm³/mol. The Labute approximate surface area is 93.5 Å². The minimum atomic E-state index is 0.338. The molecule has 0 aliphatic carbocycles. The van der Waals surface area contributed by atoms with E-state index in [9.17, 15) is 0 Å². The molecule has 0 aliphatic rings. The van der Waals surface area contributed by atoms with Gasteiger partial charge in [-0.3, -0.25) is 0 Å². The maximum Gasteiger partial charge on any atom is 0.0745 e. The highest BCUT2D eigenvalue weighted by Crippen LogP contribution is 2.26. The minimum Gasteiger partial charge on any atom is -0.304 e. The lowest BCUT2D eigenvalue weighted by Gasteiger charge is -2.13. The molecule has 2 N–H and O–H groups in total. The van der Waals surface area contributed by atoms with E-state index in [1.807, 2.05) is 0 Å². The standard InChI is InChI=1S/C11H16BrNO/c1-7-4-10(9(3)6-14-13)5-8(2)11(7)12/h4-5,9H,6,13H2,1-3H3. The lowest BCUT2D eigenvalue weighted by molar-refractivity contribution is 0.126. The van der Waals surface area contributed by atoms with Crippen LogP contribution in [-0.2, 0) is 4.84 Å². The Morgan fingerprint density at radius 2 is 1.86 bits per heavy atom. The Kier molecular flexibility index (Phi) is 4.11. The highest BCUT2D eigenvalue weighted by atomic mass is 79.9. The third-order valence-electron chi connectivity index (χ3n) is 2.37. The van der Waals surface area contributed by atoms with Crippen molar-refractivity contribution in [3.05, 3.63) is 33.3 Å². The fourth-order valence-corrected chi connectivity index (χ4v) is 1.73. The van der Waals surface area contributed by atoms with Crippen molar-refractivity contribution in [3.63, 3.8) is 0 Å². The fourth-order valence-electron chi connectivity index (χ4n) is 1.50. The summed E-state index contributed by atoms with van der Waals surface area (Å²) in [5.41, 5.74) is 3.78. The maximum atomic E-state index is 5.06. The molecule has 0 saturated heterocycles. The molecule has 0 heterocycles. The molecule has 1 rings (SSSR count). The van der Waals surface area contributed by atoms with Gasteiger partial charge in [0.05, 0.1) is 6.61 Å². The number of benzene rings is 1. The smallest absolute Gasteiger partial charge is 0.0745 e. The van der Waals surface area contributed by atoms with Crippen molar-refractivity contribution >= 4 is 15.9 Å². The first-order chi connectivity index (χ1) is 6.56. The van der Waals surface area contributed by atoms with Crippen LogP contribution in [0.25, 0.3) is 0 Å². The highest BCUT2D eigenvalue weighted by molar-refractivity contribution is 9.10. The minimum absolute atomic E-state index is 0.338. The number of hydrogen-bond donors (Lipinski definition) is 1. The molecule has 0 radical (unpaired) electrons. The van der Waals surface area contributed by atoms with Crippen molar-refractivity contribution in [3.8, 4) is 0 Å². The molecule has 0 aromatic heterocycles. The van der Waals surface area contributed by atoms with Gasteiger partial charge in [0.1, 0.15) is 0 Å². The summed E-state index contributed by atoms with van der Waals surface area (Å²) in [6, 6.07) is 4.33. The van der Waals surface area contributed by atoms with E-state index in [1.165, 1.54) is 21.2 Å². The molecule has 0 saturated carbocycles. The van der Waals surface area contributed by atoms with Gasteiger partial charge in [-0.1, -0.05) is 35.0 Å². The second-order valence-corrected chi connectivity index (χ2v) is 4.50. The summed E-state index contributed by atoms with van der Waals surface area (Å²) in [6.07, 6.45) is 0. The first kappa shape index (κ1) is 11.7. The first-order valence-electron chi connectivity index (χ1n) is 4.64. The van der Waals surface area contributed by atoms with E-state index in [2.05, 4.69) is 53.7 Å². The molecule has 1 aromatic carbocycles. The number of hydrogen-bond acceptors (Lipinski definition) is 2. The van der Waals surface area contributed by atoms with Crippen molar-refractivity contribution in [1.29, 1.82) is 0 Å². The third kappa shape index (κ3) is 2.56. The summed E-state index contributed by atoms with van der Waals surface area (Å²) in [7, 11) is 0. The van der Waals surface area contributed by atoms with E-state index < -0.39 is 0 Å². The average Bonchev–Trinajstić information content (AvgIpc) is 2.13. The summed E-state index contributed by atoms with van der Waals surface area (Å²) in [5, 5.41) is 0. The van der Waals surface area contributed by atoms with Gasteiger partial charge in [0.25, 0.3) is 0 Å². The Bertz CT molecular complexity index is 302. The van der Waals surface area contributed by atoms with Gasteiger partial charge in [-0.05, 0) is 30.5 Å². The summed E-state index contributed by atoms with van der Waals surface area (Å²) >= 11 is 3.55. The van der Waals surface area contributed by atoms with Crippen molar-refractivity contribution < 1.29 is 4.84 Å². The number of nitrogens with two attached hydrogens (primary N) is 1. The van der Waals surface area contributed by atoms with Gasteiger partial charge in [-0.2, -0.15) is 0 Å². The topological polar surface area (TPSA) is 35.2 Å². The quantitative estimate of drug-likeness (QED) is 0.845. The molecule has 0 aliphatic heterocycles. The van der Waals surface area contributed by atoms with Crippen molar-refractivity contribution in [1.82, 2.24) is 0 Å². The van der Waals surface area contributed by atoms with E-state index in [1.54, 1.807) is 0 Å². The van der Waals surface area contributed by atoms with Crippen LogP contribution in [0.1, 0.15) is 29.5 Å². The summed E-state index contributed by atoms with van der Waals surface area (Å²) in [6.45, 7) is 6.85. The van der Waals surface area contributed by atoms with Gasteiger partial charge in [-0.25, -0.2) is 5.90 Å². The van der Waals surface area contributed by atoms with Crippen LogP contribution in [0.5, 0.6) is 0 Å². The molecular formula is C11H16BrNO. The maximum absolute atomic E-state index is 5.06. The molecule has 14 heavy (non-hydrogen) atoms. The monoisotopic (exact) mass is 257 g/mol. The van der Waals surface area contributed by atoms with E-state index in [0.29, 0.717) is 12.5 Å². The molecule has 0 bridgehead atoms. The van der Waals surface area contributed by atoms with Crippen LogP contribution in [0.3, 0.4) is 0 Å². The normalized spacial score (nSPS) is 12.9. The van der Waals surface area contributed by atoms with Gasteiger partial charge >= 0.3 is 0 Å². The van der Waals surface area contributed by atoms with Crippen LogP contribution < -0.4 is 5.90 Å². The van der Waals surface area contributed by atoms with Crippen molar-refractivity contribution in [2.45, 2.75) is 26.7 Å². The third-order valence-corrected chi connectivity index (χ3v) is 3.62. The molecule has 0 fully saturated rings. The molecular weight excluding hydrogens is 242 g/mol. The van der Waals surface area contributed by atoms with E-state index in [-0.39, 0.29) is 0 Å². The average molecular weight is 258 g/mol. The molecule has 0 amide bonds. The van der Waals surface area contributed by atoms with Crippen LogP contribution in [0.4, 0.5) is 0 Å². The van der Waals surface area contributed by atoms with E-state index in [0.717, 1.165) is 0 Å². The zero-order chi connectivity index (χ0) is 10.7. The van der Waals surface area contributed by atoms with Crippen LogP contribution in [-0.4, -0.2) is 6.61 Å². The molecule has 1 aromatic rings. The van der Waals surface area contributed by atoms with Gasteiger partial charge in [0, 0.05) is 10.4 Å². The summed E-state index contributed by atoms with van der Waals surface area (Å²) in [5.74, 6) is 5.40. The number of aryl methyl sites for hydroxylation is 2. The molecule has 2 nitrogen and oxygen atoms in total. The number of rotatable bonds is 3. The second kappa shape index (κ2) is 4.91. The largest absolute Gasteiger partial charge is 0.304 e. The zero-order valence-corrected chi connectivity index (χ0v) is 10.4. The number of halogens is 1. The van der Waals surface area contributed by atoms with Crippen LogP contribution in [0.15, 0.2) is 16.6 Å². The lowest BCUT2D eigenvalue weighted by atomic mass is 9.98. The van der Waals surface area contributed by atoms with Gasteiger partial charge in [0.2, 0.25) is 0 Å². The Balaban J connectivity index is 3.00. The Morgan fingerprint density at radius 1 is 1.36 bits per heavy atom. The Hall–Kier alpha value is -0.380. The lowest BCUT2D eigenvalue weighted by Crippen LogP contribution is -2.09. The highest BCUT2D eigenvalue weighted by Gasteiger charge is 2.08. The summed E-state index contributed by atoms with van der Waals surface area (Å²) < 4.78 is 1.18. The van der Waals surface area contributed by atoms with E-state index >= 15 is 0 Å². The van der Waals surface area contributed by atoms with Gasteiger partial charge in [-0.15, -0.1) is 0 Å². The summed E-state index contributed by atoms with van der Waals surface area (Å²) in [4.78, 5) is 4.66.